The highest BCUT2D eigenvalue weighted by atomic mass is 35.5. The third-order valence-corrected chi connectivity index (χ3v) is 8.77. The van der Waals surface area contributed by atoms with Gasteiger partial charge >= 0.3 is 0 Å². The summed E-state index contributed by atoms with van der Waals surface area (Å²) in [7, 11) is -3.67. The molecule has 0 aromatic heterocycles. The van der Waals surface area contributed by atoms with Crippen LogP contribution in [0.25, 0.3) is 0 Å². The van der Waals surface area contributed by atoms with Gasteiger partial charge in [0.2, 0.25) is 15.9 Å². The molecule has 2 heterocycles. The molecule has 0 saturated carbocycles. The molecule has 2 saturated heterocycles. The van der Waals surface area contributed by atoms with Crippen LogP contribution in [0.3, 0.4) is 0 Å². The summed E-state index contributed by atoms with van der Waals surface area (Å²) in [5.41, 5.74) is 1.28. The van der Waals surface area contributed by atoms with Crippen molar-refractivity contribution in [1.82, 2.24) is 14.1 Å². The average Bonchev–Trinajstić information content (AvgIpc) is 2.86. The standard InChI is InChI=1S/C25H32ClN3O4S/c1-2-33-24-9-8-22(18-23(24)26)34(31,32)29-12-10-21(11-13-29)25(30)28-16-14-27(15-17-28)19-20-6-4-3-5-7-20/h3-9,18,21H,2,10-17,19H2,1H3. The van der Waals surface area contributed by atoms with Gasteiger partial charge in [-0.3, -0.25) is 9.69 Å². The topological polar surface area (TPSA) is 70.2 Å². The van der Waals surface area contributed by atoms with Crippen LogP contribution in [0, 0.1) is 5.92 Å². The average molecular weight is 506 g/mol. The Balaban J connectivity index is 1.29. The number of carbonyl (C=O) groups is 1. The van der Waals surface area contributed by atoms with E-state index in [2.05, 4.69) is 17.0 Å². The van der Waals surface area contributed by atoms with Gasteiger partial charge in [-0.2, -0.15) is 4.31 Å². The lowest BCUT2D eigenvalue weighted by Crippen LogP contribution is -2.51. The van der Waals surface area contributed by atoms with E-state index in [4.69, 9.17) is 16.3 Å². The third-order valence-electron chi connectivity index (χ3n) is 6.58. The molecule has 9 heteroatoms. The van der Waals surface area contributed by atoms with Crippen LogP contribution in [0.4, 0.5) is 0 Å². The Morgan fingerprint density at radius 2 is 1.68 bits per heavy atom. The number of hydrogen-bond donors (Lipinski definition) is 0. The fourth-order valence-electron chi connectivity index (χ4n) is 4.63. The van der Waals surface area contributed by atoms with Crippen molar-refractivity contribution in [1.29, 1.82) is 0 Å². The van der Waals surface area contributed by atoms with Crippen molar-refractivity contribution >= 4 is 27.5 Å². The minimum Gasteiger partial charge on any atom is -0.492 e. The number of rotatable bonds is 7. The summed E-state index contributed by atoms with van der Waals surface area (Å²) >= 11 is 6.20. The first-order valence-corrected chi connectivity index (χ1v) is 13.7. The fourth-order valence-corrected chi connectivity index (χ4v) is 6.43. The van der Waals surface area contributed by atoms with Gasteiger partial charge in [0.15, 0.2) is 0 Å². The van der Waals surface area contributed by atoms with Gasteiger partial charge in [0.05, 0.1) is 16.5 Å². The zero-order valence-corrected chi connectivity index (χ0v) is 21.1. The normalized spacial score (nSPS) is 18.7. The number of amides is 1. The highest BCUT2D eigenvalue weighted by molar-refractivity contribution is 7.89. The van der Waals surface area contributed by atoms with E-state index < -0.39 is 10.0 Å². The van der Waals surface area contributed by atoms with Crippen molar-refractivity contribution in [2.75, 3.05) is 45.9 Å². The molecule has 0 N–H and O–H groups in total. The van der Waals surface area contributed by atoms with Crippen molar-refractivity contribution in [3.8, 4) is 5.75 Å². The van der Waals surface area contributed by atoms with E-state index in [1.807, 2.05) is 30.0 Å². The first-order chi connectivity index (χ1) is 16.4. The first-order valence-electron chi connectivity index (χ1n) is 11.9. The Morgan fingerprint density at radius 1 is 1.00 bits per heavy atom. The van der Waals surface area contributed by atoms with E-state index >= 15 is 0 Å². The zero-order chi connectivity index (χ0) is 24.1. The van der Waals surface area contributed by atoms with E-state index in [0.29, 0.717) is 38.3 Å². The molecule has 2 aromatic carbocycles. The van der Waals surface area contributed by atoms with Crippen molar-refractivity contribution < 1.29 is 17.9 Å². The van der Waals surface area contributed by atoms with Crippen LogP contribution in [-0.4, -0.2) is 74.3 Å². The minimum absolute atomic E-state index is 0.129. The fraction of sp³-hybridized carbons (Fsp3) is 0.480. The number of benzene rings is 2. The SMILES string of the molecule is CCOc1ccc(S(=O)(=O)N2CCC(C(=O)N3CCN(Cc4ccccc4)CC3)CC2)cc1Cl. The molecule has 2 fully saturated rings. The summed E-state index contributed by atoms with van der Waals surface area (Å²) in [6.07, 6.45) is 1.07. The van der Waals surface area contributed by atoms with E-state index in [-0.39, 0.29) is 21.7 Å². The number of carbonyl (C=O) groups excluding carboxylic acids is 1. The van der Waals surface area contributed by atoms with Crippen molar-refractivity contribution in [2.24, 2.45) is 5.92 Å². The van der Waals surface area contributed by atoms with Crippen LogP contribution >= 0.6 is 11.6 Å². The van der Waals surface area contributed by atoms with Crippen molar-refractivity contribution in [2.45, 2.75) is 31.2 Å². The third kappa shape index (κ3) is 5.74. The van der Waals surface area contributed by atoms with Crippen molar-refractivity contribution in [3.63, 3.8) is 0 Å². The molecule has 4 rings (SSSR count). The maximum absolute atomic E-state index is 13.1. The number of piperazine rings is 1. The molecule has 34 heavy (non-hydrogen) atoms. The molecule has 2 aromatic rings. The summed E-state index contributed by atoms with van der Waals surface area (Å²) in [6, 6.07) is 14.9. The molecular weight excluding hydrogens is 474 g/mol. The summed E-state index contributed by atoms with van der Waals surface area (Å²) in [4.78, 5) is 17.6. The summed E-state index contributed by atoms with van der Waals surface area (Å²) in [5.74, 6) is 0.493. The number of halogens is 1. The van der Waals surface area contributed by atoms with Gasteiger partial charge in [0, 0.05) is 51.7 Å². The molecule has 184 valence electrons. The van der Waals surface area contributed by atoms with Crippen LogP contribution in [0.15, 0.2) is 53.4 Å². The Hall–Kier alpha value is -2.13. The molecule has 0 spiro atoms. The second kappa shape index (κ2) is 11.1. The highest BCUT2D eigenvalue weighted by Gasteiger charge is 2.34. The number of ether oxygens (including phenoxy) is 1. The predicted molar refractivity (Wildman–Crippen MR) is 132 cm³/mol. The van der Waals surface area contributed by atoms with Gasteiger partial charge in [-0.15, -0.1) is 0 Å². The van der Waals surface area contributed by atoms with Gasteiger partial charge in [-0.1, -0.05) is 41.9 Å². The van der Waals surface area contributed by atoms with Gasteiger partial charge in [-0.05, 0) is 43.5 Å². The van der Waals surface area contributed by atoms with Crippen molar-refractivity contribution in [3.05, 3.63) is 59.1 Å². The second-order valence-electron chi connectivity index (χ2n) is 8.79. The quantitative estimate of drug-likeness (QED) is 0.576. The smallest absolute Gasteiger partial charge is 0.243 e. The molecule has 2 aliphatic heterocycles. The molecule has 7 nitrogen and oxygen atoms in total. The second-order valence-corrected chi connectivity index (χ2v) is 11.1. The predicted octanol–water partition coefficient (Wildman–Crippen LogP) is 3.48. The Bertz CT molecular complexity index is 1080. The van der Waals surface area contributed by atoms with E-state index in [1.54, 1.807) is 6.07 Å². The van der Waals surface area contributed by atoms with Crippen LogP contribution < -0.4 is 4.74 Å². The number of nitrogens with zero attached hydrogens (tertiary/aromatic N) is 3. The van der Waals surface area contributed by atoms with Crippen LogP contribution in [0.2, 0.25) is 5.02 Å². The Morgan fingerprint density at radius 3 is 2.29 bits per heavy atom. The zero-order valence-electron chi connectivity index (χ0n) is 19.5. The lowest BCUT2D eigenvalue weighted by molar-refractivity contribution is -0.138. The lowest BCUT2D eigenvalue weighted by atomic mass is 9.96. The Labute approximate surface area is 207 Å². The molecule has 0 aliphatic carbocycles. The van der Waals surface area contributed by atoms with E-state index in [9.17, 15) is 13.2 Å². The molecule has 0 unspecified atom stereocenters. The van der Waals surface area contributed by atoms with Crippen LogP contribution in [-0.2, 0) is 21.4 Å². The highest BCUT2D eigenvalue weighted by Crippen LogP contribution is 2.31. The largest absolute Gasteiger partial charge is 0.492 e. The lowest BCUT2D eigenvalue weighted by Gasteiger charge is -2.38. The molecule has 0 atom stereocenters. The van der Waals surface area contributed by atoms with Crippen LogP contribution in [0.5, 0.6) is 5.75 Å². The minimum atomic E-state index is -3.67. The van der Waals surface area contributed by atoms with E-state index in [1.165, 1.54) is 22.0 Å². The Kier molecular flexibility index (Phi) is 8.14. The molecule has 2 aliphatic rings. The number of hydrogen-bond acceptors (Lipinski definition) is 5. The van der Waals surface area contributed by atoms with Crippen LogP contribution in [0.1, 0.15) is 25.3 Å². The summed E-state index contributed by atoms with van der Waals surface area (Å²) < 4.78 is 33.1. The molecule has 0 bridgehead atoms. The van der Waals surface area contributed by atoms with Gasteiger partial charge in [0.25, 0.3) is 0 Å². The molecule has 0 radical (unpaired) electrons. The maximum Gasteiger partial charge on any atom is 0.243 e. The van der Waals surface area contributed by atoms with Gasteiger partial charge < -0.3 is 9.64 Å². The van der Waals surface area contributed by atoms with Gasteiger partial charge in [0.1, 0.15) is 5.75 Å². The number of piperidine rings is 1. The molecular formula is C25H32ClN3O4S. The van der Waals surface area contributed by atoms with E-state index in [0.717, 1.165) is 32.7 Å². The maximum atomic E-state index is 13.1. The summed E-state index contributed by atoms with van der Waals surface area (Å²) in [6.45, 7) is 7.00. The van der Waals surface area contributed by atoms with Gasteiger partial charge in [-0.25, -0.2) is 8.42 Å². The first kappa shape index (κ1) is 25.0. The summed E-state index contributed by atoms with van der Waals surface area (Å²) in [5, 5.41) is 0.277. The monoisotopic (exact) mass is 505 g/mol. The number of sulfonamides is 1. The molecule has 1 amide bonds.